The highest BCUT2D eigenvalue weighted by Gasteiger charge is 2.46. The second-order valence-corrected chi connectivity index (χ2v) is 8.37. The van der Waals surface area contributed by atoms with Crippen molar-refractivity contribution in [3.8, 4) is 11.4 Å². The van der Waals surface area contributed by atoms with Crippen molar-refractivity contribution in [2.45, 2.75) is 43.6 Å². The molecule has 0 bridgehead atoms. The first-order chi connectivity index (χ1) is 13.2. The van der Waals surface area contributed by atoms with E-state index in [0.29, 0.717) is 0 Å². The molecule has 6 heteroatoms. The summed E-state index contributed by atoms with van der Waals surface area (Å²) in [6, 6.07) is 6.30. The Morgan fingerprint density at radius 1 is 1.30 bits per heavy atom. The van der Waals surface area contributed by atoms with E-state index in [4.69, 9.17) is 0 Å². The molecule has 2 aromatic heterocycles. The second kappa shape index (κ2) is 5.45. The van der Waals surface area contributed by atoms with Crippen LogP contribution in [0.3, 0.4) is 0 Å². The lowest BCUT2D eigenvalue weighted by molar-refractivity contribution is 0.0940. The van der Waals surface area contributed by atoms with Crippen molar-refractivity contribution in [1.82, 2.24) is 25.8 Å². The van der Waals surface area contributed by atoms with E-state index in [1.54, 1.807) is 0 Å². The molecule has 1 unspecified atom stereocenters. The molecule has 3 aromatic rings. The van der Waals surface area contributed by atoms with Crippen LogP contribution in [0.2, 0.25) is 0 Å². The van der Waals surface area contributed by atoms with E-state index in [-0.39, 0.29) is 17.4 Å². The topological polar surface area (TPSA) is 85.6 Å². The molecule has 6 rings (SSSR count). The summed E-state index contributed by atoms with van der Waals surface area (Å²) in [5, 5.41) is 15.2. The van der Waals surface area contributed by atoms with Crippen LogP contribution in [0.4, 0.5) is 0 Å². The van der Waals surface area contributed by atoms with E-state index in [2.05, 4.69) is 31.9 Å². The Bertz CT molecular complexity index is 1050. The first-order valence-electron chi connectivity index (χ1n) is 9.94. The number of nitrogens with zero attached hydrogens (tertiary/aromatic N) is 1. The van der Waals surface area contributed by atoms with Crippen LogP contribution in [0.15, 0.2) is 24.4 Å². The number of aromatic amines is 2. The Kier molecular flexibility index (Phi) is 3.12. The summed E-state index contributed by atoms with van der Waals surface area (Å²) in [5.41, 5.74) is 6.92. The van der Waals surface area contributed by atoms with Crippen LogP contribution in [-0.4, -0.2) is 40.2 Å². The molecular weight excluding hydrogens is 338 g/mol. The van der Waals surface area contributed by atoms with Gasteiger partial charge in [-0.1, -0.05) is 6.42 Å². The van der Waals surface area contributed by atoms with Crippen LogP contribution >= 0.6 is 0 Å². The number of aromatic nitrogens is 3. The highest BCUT2D eigenvalue weighted by molar-refractivity contribution is 6.01. The van der Waals surface area contributed by atoms with Crippen molar-refractivity contribution < 1.29 is 4.79 Å². The van der Waals surface area contributed by atoms with Gasteiger partial charge >= 0.3 is 0 Å². The summed E-state index contributed by atoms with van der Waals surface area (Å²) in [6.07, 6.45) is 7.78. The number of amides is 1. The highest BCUT2D eigenvalue weighted by Crippen LogP contribution is 2.55. The summed E-state index contributed by atoms with van der Waals surface area (Å²) < 4.78 is 0. The van der Waals surface area contributed by atoms with E-state index in [1.165, 1.54) is 35.8 Å². The summed E-state index contributed by atoms with van der Waals surface area (Å²) in [5.74, 6) is 0.0273. The van der Waals surface area contributed by atoms with Gasteiger partial charge in [-0.15, -0.1) is 0 Å². The predicted octanol–water partition coefficient (Wildman–Crippen LogP) is 2.63. The minimum absolute atomic E-state index is 0.0273. The molecule has 1 atom stereocenters. The molecule has 2 aliphatic carbocycles. The molecule has 1 aliphatic heterocycles. The Hall–Kier alpha value is -2.60. The maximum Gasteiger partial charge on any atom is 0.251 e. The molecule has 6 nitrogen and oxygen atoms in total. The molecule has 2 fully saturated rings. The van der Waals surface area contributed by atoms with Crippen molar-refractivity contribution in [3.63, 3.8) is 0 Å². The molecule has 3 heterocycles. The van der Waals surface area contributed by atoms with Crippen LogP contribution in [0, 0.1) is 0 Å². The van der Waals surface area contributed by atoms with Gasteiger partial charge in [-0.3, -0.25) is 9.89 Å². The highest BCUT2D eigenvalue weighted by atomic mass is 16.1. The van der Waals surface area contributed by atoms with Crippen LogP contribution < -0.4 is 10.6 Å². The van der Waals surface area contributed by atoms with Crippen LogP contribution in [0.1, 0.15) is 47.2 Å². The standard InChI is InChI=1S/C21H23N5O/c27-20(24-14-4-7-22-11-14)12-2-3-16-15(8-12)17-19(25-16)18-13(10-23-26-18)9-21(17)5-1-6-21/h2-3,8,10,14,22,25H,1,4-7,9,11H2,(H,23,26)(H,24,27). The van der Waals surface area contributed by atoms with Gasteiger partial charge in [-0.05, 0) is 56.0 Å². The molecule has 4 N–H and O–H groups in total. The van der Waals surface area contributed by atoms with Crippen molar-refractivity contribution in [2.24, 2.45) is 0 Å². The van der Waals surface area contributed by atoms with Crippen LogP contribution in [0.25, 0.3) is 22.3 Å². The Morgan fingerprint density at radius 2 is 2.22 bits per heavy atom. The number of carbonyl (C=O) groups excluding carboxylic acids is 1. The predicted molar refractivity (Wildman–Crippen MR) is 104 cm³/mol. The van der Waals surface area contributed by atoms with Gasteiger partial charge in [0.2, 0.25) is 0 Å². The van der Waals surface area contributed by atoms with Crippen molar-refractivity contribution >= 4 is 16.8 Å². The third kappa shape index (κ3) is 2.16. The van der Waals surface area contributed by atoms with Gasteiger partial charge in [0.1, 0.15) is 5.69 Å². The van der Waals surface area contributed by atoms with Gasteiger partial charge in [0.05, 0.1) is 5.69 Å². The van der Waals surface area contributed by atoms with Crippen LogP contribution in [0.5, 0.6) is 0 Å². The monoisotopic (exact) mass is 361 g/mol. The fourth-order valence-corrected chi connectivity index (χ4v) is 5.26. The SMILES string of the molecule is O=C(NC1CCNC1)c1ccc2[nH]c3c(c2c1)C1(CCC1)Cc1c[nH]nc1-3. The number of fused-ring (bicyclic) bond motifs is 6. The van der Waals surface area contributed by atoms with Gasteiger partial charge < -0.3 is 15.6 Å². The number of hydrogen-bond donors (Lipinski definition) is 4. The lowest BCUT2D eigenvalue weighted by Gasteiger charge is -2.45. The average molecular weight is 361 g/mol. The van der Waals surface area contributed by atoms with Crippen molar-refractivity contribution in [2.75, 3.05) is 13.1 Å². The molecule has 138 valence electrons. The van der Waals surface area contributed by atoms with E-state index in [9.17, 15) is 4.79 Å². The van der Waals surface area contributed by atoms with Gasteiger partial charge in [0.25, 0.3) is 5.91 Å². The van der Waals surface area contributed by atoms with Crippen molar-refractivity contribution in [1.29, 1.82) is 0 Å². The largest absolute Gasteiger partial charge is 0.353 e. The average Bonchev–Trinajstić information content (AvgIpc) is 3.37. The molecule has 1 saturated heterocycles. The first-order valence-corrected chi connectivity index (χ1v) is 9.94. The maximum absolute atomic E-state index is 12.8. The number of H-pyrrole nitrogens is 2. The third-order valence-electron chi connectivity index (χ3n) is 6.78. The fraction of sp³-hybridized carbons (Fsp3) is 0.429. The first kappa shape index (κ1) is 15.5. The zero-order valence-corrected chi connectivity index (χ0v) is 15.2. The molecule has 1 amide bonds. The molecule has 27 heavy (non-hydrogen) atoms. The molecule has 1 aromatic carbocycles. The summed E-state index contributed by atoms with van der Waals surface area (Å²) >= 11 is 0. The normalized spacial score (nSPS) is 22.4. The Balaban J connectivity index is 1.47. The van der Waals surface area contributed by atoms with Crippen molar-refractivity contribution in [3.05, 3.63) is 41.1 Å². The van der Waals surface area contributed by atoms with E-state index in [0.717, 1.165) is 48.4 Å². The zero-order valence-electron chi connectivity index (χ0n) is 15.2. The third-order valence-corrected chi connectivity index (χ3v) is 6.78. The van der Waals surface area contributed by atoms with E-state index in [1.807, 2.05) is 18.3 Å². The van der Waals surface area contributed by atoms with Gasteiger partial charge in [0, 0.05) is 46.2 Å². The lowest BCUT2D eigenvalue weighted by atomic mass is 9.58. The van der Waals surface area contributed by atoms with Gasteiger partial charge in [-0.25, -0.2) is 0 Å². The smallest absolute Gasteiger partial charge is 0.251 e. The van der Waals surface area contributed by atoms with E-state index < -0.39 is 0 Å². The zero-order chi connectivity index (χ0) is 18.0. The minimum atomic E-state index is 0.0273. The molecule has 0 radical (unpaired) electrons. The molecular formula is C21H23N5O. The van der Waals surface area contributed by atoms with Crippen LogP contribution in [-0.2, 0) is 11.8 Å². The Labute approximate surface area is 157 Å². The number of carbonyl (C=O) groups is 1. The fourth-order valence-electron chi connectivity index (χ4n) is 5.26. The summed E-state index contributed by atoms with van der Waals surface area (Å²) in [6.45, 7) is 1.84. The number of hydrogen-bond acceptors (Lipinski definition) is 3. The lowest BCUT2D eigenvalue weighted by Crippen LogP contribution is -2.38. The number of rotatable bonds is 2. The molecule has 3 aliphatic rings. The van der Waals surface area contributed by atoms with Gasteiger partial charge in [-0.2, -0.15) is 5.10 Å². The second-order valence-electron chi connectivity index (χ2n) is 8.37. The van der Waals surface area contributed by atoms with E-state index >= 15 is 0 Å². The minimum Gasteiger partial charge on any atom is -0.353 e. The molecule has 1 saturated carbocycles. The maximum atomic E-state index is 12.8. The summed E-state index contributed by atoms with van der Waals surface area (Å²) in [7, 11) is 0. The van der Waals surface area contributed by atoms with Gasteiger partial charge in [0.15, 0.2) is 0 Å². The summed E-state index contributed by atoms with van der Waals surface area (Å²) in [4.78, 5) is 16.4. The number of nitrogens with one attached hydrogen (secondary N) is 4. The quantitative estimate of drug-likeness (QED) is 0.566. The molecule has 1 spiro atoms. The number of benzene rings is 1. The Morgan fingerprint density at radius 3 is 3.00 bits per heavy atom.